The Balaban J connectivity index is 2.98. The summed E-state index contributed by atoms with van der Waals surface area (Å²) in [5.41, 5.74) is -0.849. The molecule has 1 atom stereocenters. The van der Waals surface area contributed by atoms with Gasteiger partial charge in [-0.05, 0) is 41.1 Å². The number of rotatable bonds is 3. The SMILES string of the molecule is COC(=O)C(C)Oc1cc(C(F)(F)F)ccc1Br. The van der Waals surface area contributed by atoms with E-state index in [1.165, 1.54) is 20.1 Å². The molecule has 0 amide bonds. The summed E-state index contributed by atoms with van der Waals surface area (Å²) in [5, 5.41) is 0. The van der Waals surface area contributed by atoms with Gasteiger partial charge in [-0.25, -0.2) is 4.79 Å². The predicted octanol–water partition coefficient (Wildman–Crippen LogP) is 3.41. The smallest absolute Gasteiger partial charge is 0.416 e. The lowest BCUT2D eigenvalue weighted by Crippen LogP contribution is -2.25. The minimum absolute atomic E-state index is 0.0669. The molecule has 0 fully saturated rings. The fourth-order valence-corrected chi connectivity index (χ4v) is 1.51. The maximum Gasteiger partial charge on any atom is 0.416 e. The summed E-state index contributed by atoms with van der Waals surface area (Å²) in [6.07, 6.45) is -5.46. The molecular formula is C11H10BrF3O3. The van der Waals surface area contributed by atoms with E-state index in [9.17, 15) is 18.0 Å². The van der Waals surface area contributed by atoms with Gasteiger partial charge in [0.25, 0.3) is 0 Å². The molecule has 3 nitrogen and oxygen atoms in total. The van der Waals surface area contributed by atoms with Crippen molar-refractivity contribution in [2.45, 2.75) is 19.2 Å². The maximum atomic E-state index is 12.5. The molecule has 0 radical (unpaired) electrons. The third-order valence-corrected chi connectivity index (χ3v) is 2.75. The van der Waals surface area contributed by atoms with Crippen LogP contribution in [0, 0.1) is 0 Å². The van der Waals surface area contributed by atoms with Crippen LogP contribution in [0.4, 0.5) is 13.2 Å². The zero-order valence-electron chi connectivity index (χ0n) is 9.55. The van der Waals surface area contributed by atoms with E-state index in [0.717, 1.165) is 12.1 Å². The van der Waals surface area contributed by atoms with Crippen molar-refractivity contribution in [1.82, 2.24) is 0 Å². The third-order valence-electron chi connectivity index (χ3n) is 2.10. The summed E-state index contributed by atoms with van der Waals surface area (Å²) in [7, 11) is 1.17. The molecule has 0 spiro atoms. The van der Waals surface area contributed by atoms with Gasteiger partial charge in [0.15, 0.2) is 6.10 Å². The molecule has 18 heavy (non-hydrogen) atoms. The average molecular weight is 327 g/mol. The van der Waals surface area contributed by atoms with Gasteiger partial charge in [0, 0.05) is 0 Å². The lowest BCUT2D eigenvalue weighted by Gasteiger charge is -2.15. The first-order valence-electron chi connectivity index (χ1n) is 4.87. The number of ether oxygens (including phenoxy) is 2. The predicted molar refractivity (Wildman–Crippen MR) is 61.3 cm³/mol. The normalized spacial score (nSPS) is 13.0. The van der Waals surface area contributed by atoms with Crippen molar-refractivity contribution in [3.63, 3.8) is 0 Å². The van der Waals surface area contributed by atoms with Crippen LogP contribution in [0.5, 0.6) is 5.75 Å². The monoisotopic (exact) mass is 326 g/mol. The second-order valence-electron chi connectivity index (χ2n) is 3.43. The number of benzene rings is 1. The number of esters is 1. The quantitative estimate of drug-likeness (QED) is 0.798. The molecule has 1 aromatic rings. The molecule has 1 aromatic carbocycles. The zero-order valence-corrected chi connectivity index (χ0v) is 11.1. The van der Waals surface area contributed by atoms with Crippen LogP contribution < -0.4 is 4.74 Å². The maximum absolute atomic E-state index is 12.5. The van der Waals surface area contributed by atoms with E-state index in [1.807, 2.05) is 0 Å². The van der Waals surface area contributed by atoms with Crippen molar-refractivity contribution in [3.05, 3.63) is 28.2 Å². The van der Waals surface area contributed by atoms with Crippen LogP contribution in [0.25, 0.3) is 0 Å². The minimum Gasteiger partial charge on any atom is -0.478 e. The number of hydrogen-bond donors (Lipinski definition) is 0. The second-order valence-corrected chi connectivity index (χ2v) is 4.28. The highest BCUT2D eigenvalue weighted by Gasteiger charge is 2.31. The van der Waals surface area contributed by atoms with Crippen molar-refractivity contribution in [2.24, 2.45) is 0 Å². The lowest BCUT2D eigenvalue weighted by atomic mass is 10.2. The van der Waals surface area contributed by atoms with Gasteiger partial charge in [-0.15, -0.1) is 0 Å². The summed E-state index contributed by atoms with van der Waals surface area (Å²) >= 11 is 3.05. The number of carbonyl (C=O) groups is 1. The van der Waals surface area contributed by atoms with E-state index in [0.29, 0.717) is 4.47 Å². The molecule has 0 heterocycles. The number of hydrogen-bond acceptors (Lipinski definition) is 3. The van der Waals surface area contributed by atoms with E-state index in [-0.39, 0.29) is 5.75 Å². The number of alkyl halides is 3. The van der Waals surface area contributed by atoms with Crippen molar-refractivity contribution in [2.75, 3.05) is 7.11 Å². The number of halogens is 4. The van der Waals surface area contributed by atoms with Crippen LogP contribution in [0.2, 0.25) is 0 Å². The van der Waals surface area contributed by atoms with Crippen molar-refractivity contribution >= 4 is 21.9 Å². The molecule has 1 unspecified atom stereocenters. The van der Waals surface area contributed by atoms with E-state index in [4.69, 9.17) is 4.74 Å². The summed E-state index contributed by atoms with van der Waals surface area (Å²) in [4.78, 5) is 11.1. The summed E-state index contributed by atoms with van der Waals surface area (Å²) < 4.78 is 47.4. The van der Waals surface area contributed by atoms with Crippen LogP contribution in [0.3, 0.4) is 0 Å². The largest absolute Gasteiger partial charge is 0.478 e. The minimum atomic E-state index is -4.46. The van der Waals surface area contributed by atoms with Crippen molar-refractivity contribution < 1.29 is 27.4 Å². The Labute approximate surface area is 110 Å². The lowest BCUT2D eigenvalue weighted by molar-refractivity contribution is -0.147. The van der Waals surface area contributed by atoms with Crippen LogP contribution in [0.1, 0.15) is 12.5 Å². The van der Waals surface area contributed by atoms with Gasteiger partial charge in [-0.1, -0.05) is 0 Å². The van der Waals surface area contributed by atoms with Gasteiger partial charge < -0.3 is 9.47 Å². The Hall–Kier alpha value is -1.24. The van der Waals surface area contributed by atoms with Gasteiger partial charge in [0.05, 0.1) is 17.1 Å². The van der Waals surface area contributed by atoms with Gasteiger partial charge >= 0.3 is 12.1 Å². The van der Waals surface area contributed by atoms with Crippen LogP contribution in [-0.4, -0.2) is 19.2 Å². The first-order chi connectivity index (χ1) is 8.25. The fraction of sp³-hybridized carbons (Fsp3) is 0.364. The highest BCUT2D eigenvalue weighted by Crippen LogP contribution is 2.35. The second kappa shape index (κ2) is 5.60. The topological polar surface area (TPSA) is 35.5 Å². The molecule has 0 aromatic heterocycles. The Kier molecular flexibility index (Phi) is 4.61. The molecule has 0 saturated heterocycles. The van der Waals surface area contributed by atoms with E-state index < -0.39 is 23.8 Å². The summed E-state index contributed by atoms with van der Waals surface area (Å²) in [6.45, 7) is 1.39. The standard InChI is InChI=1S/C11H10BrF3O3/c1-6(10(16)17-2)18-9-5-7(11(13,14)15)3-4-8(9)12/h3-6H,1-2H3. The molecule has 0 bridgehead atoms. The van der Waals surface area contributed by atoms with Crippen LogP contribution in [0.15, 0.2) is 22.7 Å². The number of carbonyl (C=O) groups excluding carboxylic acids is 1. The van der Waals surface area contributed by atoms with E-state index >= 15 is 0 Å². The molecule has 0 aliphatic rings. The van der Waals surface area contributed by atoms with E-state index in [2.05, 4.69) is 20.7 Å². The van der Waals surface area contributed by atoms with Crippen LogP contribution >= 0.6 is 15.9 Å². The van der Waals surface area contributed by atoms with Gasteiger partial charge in [0.2, 0.25) is 0 Å². The zero-order chi connectivity index (χ0) is 13.9. The van der Waals surface area contributed by atoms with Crippen LogP contribution in [-0.2, 0) is 15.7 Å². The third kappa shape index (κ3) is 3.63. The van der Waals surface area contributed by atoms with Crippen molar-refractivity contribution in [3.8, 4) is 5.75 Å². The highest BCUT2D eigenvalue weighted by molar-refractivity contribution is 9.10. The molecule has 0 aliphatic heterocycles. The molecule has 7 heteroatoms. The molecule has 100 valence electrons. The van der Waals surface area contributed by atoms with Crippen molar-refractivity contribution in [1.29, 1.82) is 0 Å². The first kappa shape index (κ1) is 14.8. The molecular weight excluding hydrogens is 317 g/mol. The molecule has 0 N–H and O–H groups in total. The fourth-order valence-electron chi connectivity index (χ4n) is 1.17. The molecule has 0 saturated carbocycles. The van der Waals surface area contributed by atoms with Gasteiger partial charge in [-0.3, -0.25) is 0 Å². The Morgan fingerprint density at radius 2 is 2.00 bits per heavy atom. The molecule has 1 rings (SSSR count). The molecule has 0 aliphatic carbocycles. The Bertz CT molecular complexity index is 446. The summed E-state index contributed by atoms with van der Waals surface area (Å²) in [6, 6.07) is 2.95. The van der Waals surface area contributed by atoms with Gasteiger partial charge in [-0.2, -0.15) is 13.2 Å². The van der Waals surface area contributed by atoms with Gasteiger partial charge in [0.1, 0.15) is 5.75 Å². The summed E-state index contributed by atoms with van der Waals surface area (Å²) in [5.74, 6) is -0.734. The first-order valence-corrected chi connectivity index (χ1v) is 5.66. The van der Waals surface area contributed by atoms with E-state index in [1.54, 1.807) is 0 Å². The number of methoxy groups -OCH3 is 1. The Morgan fingerprint density at radius 1 is 1.39 bits per heavy atom. The highest BCUT2D eigenvalue weighted by atomic mass is 79.9. The Morgan fingerprint density at radius 3 is 2.50 bits per heavy atom. The average Bonchev–Trinajstić information content (AvgIpc) is 2.29.